The van der Waals surface area contributed by atoms with Gasteiger partial charge in [-0.3, -0.25) is 11.3 Å². The van der Waals surface area contributed by atoms with E-state index in [1.54, 1.807) is 17.4 Å². The maximum atomic E-state index is 13.3. The topological polar surface area (TPSA) is 50.9 Å². The number of benzene rings is 1. The number of hydrogen-bond donors (Lipinski definition) is 2. The van der Waals surface area contributed by atoms with Crippen molar-refractivity contribution in [2.24, 2.45) is 5.84 Å². The minimum Gasteiger partial charge on any atom is -0.271 e. The van der Waals surface area contributed by atoms with Gasteiger partial charge in [-0.25, -0.2) is 9.37 Å². The average Bonchev–Trinajstić information content (AvgIpc) is 2.75. The normalized spacial score (nSPS) is 12.7. The quantitative estimate of drug-likeness (QED) is 0.669. The lowest BCUT2D eigenvalue weighted by atomic mass is 10.0. The highest BCUT2D eigenvalue weighted by Gasteiger charge is 2.16. The van der Waals surface area contributed by atoms with E-state index in [1.807, 2.05) is 12.3 Å². The van der Waals surface area contributed by atoms with Gasteiger partial charge in [0.1, 0.15) is 5.82 Å². The second kappa shape index (κ2) is 5.88. The number of hydrazine groups is 1. The number of aromatic nitrogens is 1. The molecule has 0 bridgehead atoms. The number of thiazole rings is 1. The Morgan fingerprint density at radius 2 is 2.33 bits per heavy atom. The van der Waals surface area contributed by atoms with Crippen LogP contribution < -0.4 is 11.3 Å². The van der Waals surface area contributed by atoms with Crippen molar-refractivity contribution in [2.75, 3.05) is 0 Å². The summed E-state index contributed by atoms with van der Waals surface area (Å²) in [7, 11) is 0. The highest BCUT2D eigenvalue weighted by atomic mass is 79.9. The number of nitrogens with two attached hydrogens (primary N) is 1. The maximum Gasteiger partial charge on any atom is 0.123 e. The van der Waals surface area contributed by atoms with Crippen LogP contribution in [0.3, 0.4) is 0 Å². The number of rotatable bonds is 4. The Balaban J connectivity index is 2.25. The monoisotopic (exact) mass is 329 g/mol. The molecule has 0 aliphatic rings. The van der Waals surface area contributed by atoms with Gasteiger partial charge in [0.15, 0.2) is 0 Å². The van der Waals surface area contributed by atoms with Crippen LogP contribution >= 0.6 is 27.3 Å². The second-order valence-electron chi connectivity index (χ2n) is 3.95. The van der Waals surface area contributed by atoms with Crippen LogP contribution in [0.1, 0.15) is 22.3 Å². The average molecular weight is 330 g/mol. The lowest BCUT2D eigenvalue weighted by Crippen LogP contribution is -2.30. The summed E-state index contributed by atoms with van der Waals surface area (Å²) < 4.78 is 14.1. The third kappa shape index (κ3) is 3.14. The van der Waals surface area contributed by atoms with E-state index >= 15 is 0 Å². The molecule has 6 heteroatoms. The zero-order valence-corrected chi connectivity index (χ0v) is 12.2. The Morgan fingerprint density at radius 1 is 1.56 bits per heavy atom. The smallest absolute Gasteiger partial charge is 0.123 e. The Bertz CT molecular complexity index is 544. The van der Waals surface area contributed by atoms with E-state index in [9.17, 15) is 4.39 Å². The first-order valence-corrected chi connectivity index (χ1v) is 7.09. The van der Waals surface area contributed by atoms with Gasteiger partial charge < -0.3 is 0 Å². The molecule has 0 amide bonds. The van der Waals surface area contributed by atoms with Crippen LogP contribution in [-0.4, -0.2) is 4.98 Å². The summed E-state index contributed by atoms with van der Waals surface area (Å²) in [5, 5.41) is 3.01. The molecule has 96 valence electrons. The fourth-order valence-corrected chi connectivity index (χ4v) is 2.90. The lowest BCUT2D eigenvalue weighted by molar-refractivity contribution is 0.538. The second-order valence-corrected chi connectivity index (χ2v) is 5.86. The Kier molecular flexibility index (Phi) is 4.45. The van der Waals surface area contributed by atoms with Crippen molar-refractivity contribution >= 4 is 27.3 Å². The van der Waals surface area contributed by atoms with Crippen molar-refractivity contribution < 1.29 is 4.39 Å². The molecule has 0 saturated carbocycles. The number of nitrogens with one attached hydrogen (secondary N) is 1. The molecule has 3 N–H and O–H groups in total. The molecule has 1 aromatic carbocycles. The Hall–Kier alpha value is -0.820. The molecular weight excluding hydrogens is 317 g/mol. The maximum absolute atomic E-state index is 13.3. The molecule has 0 aliphatic heterocycles. The van der Waals surface area contributed by atoms with Gasteiger partial charge in [-0.1, -0.05) is 15.9 Å². The van der Waals surface area contributed by atoms with E-state index in [1.165, 1.54) is 12.1 Å². The SMILES string of the molecule is Cc1nc(CC(NN)c2cc(F)ccc2Br)cs1. The molecule has 1 heterocycles. The van der Waals surface area contributed by atoms with Crippen molar-refractivity contribution in [1.29, 1.82) is 0 Å². The summed E-state index contributed by atoms with van der Waals surface area (Å²) >= 11 is 5.00. The van der Waals surface area contributed by atoms with Crippen LogP contribution in [0.4, 0.5) is 4.39 Å². The molecule has 1 unspecified atom stereocenters. The summed E-state index contributed by atoms with van der Waals surface area (Å²) in [6.45, 7) is 1.96. The predicted octanol–water partition coefficient (Wildman–Crippen LogP) is 3.10. The number of aryl methyl sites for hydroxylation is 1. The minimum absolute atomic E-state index is 0.170. The largest absolute Gasteiger partial charge is 0.271 e. The molecule has 2 rings (SSSR count). The van der Waals surface area contributed by atoms with Gasteiger partial charge in [0.2, 0.25) is 0 Å². The van der Waals surface area contributed by atoms with E-state index in [2.05, 4.69) is 26.3 Å². The number of hydrogen-bond acceptors (Lipinski definition) is 4. The van der Waals surface area contributed by atoms with Gasteiger partial charge in [0.05, 0.1) is 16.7 Å². The van der Waals surface area contributed by atoms with Gasteiger partial charge in [-0.05, 0) is 30.7 Å². The molecule has 0 fully saturated rings. The van der Waals surface area contributed by atoms with Crippen LogP contribution in [0.2, 0.25) is 0 Å². The molecular formula is C12H13BrFN3S. The third-order valence-corrected chi connectivity index (χ3v) is 4.16. The van der Waals surface area contributed by atoms with E-state index in [-0.39, 0.29) is 11.9 Å². The molecule has 0 radical (unpaired) electrons. The van der Waals surface area contributed by atoms with E-state index in [0.29, 0.717) is 6.42 Å². The van der Waals surface area contributed by atoms with Gasteiger partial charge in [0.25, 0.3) is 0 Å². The van der Waals surface area contributed by atoms with Gasteiger partial charge in [0, 0.05) is 16.3 Å². The number of halogens is 2. The Morgan fingerprint density at radius 3 is 2.94 bits per heavy atom. The standard InChI is InChI=1S/C12H13BrFN3S/c1-7-16-9(6-18-7)5-12(17-15)10-4-8(14)2-3-11(10)13/h2-4,6,12,17H,5,15H2,1H3. The highest BCUT2D eigenvalue weighted by Crippen LogP contribution is 2.26. The fraction of sp³-hybridized carbons (Fsp3) is 0.250. The van der Waals surface area contributed by atoms with Crippen molar-refractivity contribution in [2.45, 2.75) is 19.4 Å². The van der Waals surface area contributed by atoms with Crippen molar-refractivity contribution in [3.8, 4) is 0 Å². The summed E-state index contributed by atoms with van der Waals surface area (Å²) in [6, 6.07) is 4.40. The summed E-state index contributed by atoms with van der Waals surface area (Å²) in [5.74, 6) is 5.29. The van der Waals surface area contributed by atoms with Crippen molar-refractivity contribution in [3.63, 3.8) is 0 Å². The molecule has 1 atom stereocenters. The van der Waals surface area contributed by atoms with Crippen LogP contribution in [-0.2, 0) is 6.42 Å². The summed E-state index contributed by atoms with van der Waals surface area (Å²) in [6.07, 6.45) is 0.628. The first-order valence-electron chi connectivity index (χ1n) is 5.42. The third-order valence-electron chi connectivity index (χ3n) is 2.61. The highest BCUT2D eigenvalue weighted by molar-refractivity contribution is 9.10. The summed E-state index contributed by atoms with van der Waals surface area (Å²) in [4.78, 5) is 4.39. The molecule has 1 aromatic heterocycles. The van der Waals surface area contributed by atoms with Gasteiger partial charge in [-0.2, -0.15) is 0 Å². The molecule has 3 nitrogen and oxygen atoms in total. The zero-order chi connectivity index (χ0) is 13.1. The van der Waals surface area contributed by atoms with Crippen LogP contribution in [0, 0.1) is 12.7 Å². The van der Waals surface area contributed by atoms with Gasteiger partial charge in [-0.15, -0.1) is 11.3 Å². The van der Waals surface area contributed by atoms with Gasteiger partial charge >= 0.3 is 0 Å². The molecule has 18 heavy (non-hydrogen) atoms. The molecule has 0 aliphatic carbocycles. The predicted molar refractivity (Wildman–Crippen MR) is 74.7 cm³/mol. The van der Waals surface area contributed by atoms with E-state index in [0.717, 1.165) is 20.7 Å². The molecule has 2 aromatic rings. The number of nitrogens with zero attached hydrogens (tertiary/aromatic N) is 1. The Labute approximate surface area is 117 Å². The lowest BCUT2D eigenvalue weighted by Gasteiger charge is -2.16. The fourth-order valence-electron chi connectivity index (χ4n) is 1.75. The van der Waals surface area contributed by atoms with Crippen LogP contribution in [0.25, 0.3) is 0 Å². The minimum atomic E-state index is -0.275. The van der Waals surface area contributed by atoms with E-state index < -0.39 is 0 Å². The van der Waals surface area contributed by atoms with Crippen LogP contribution in [0.5, 0.6) is 0 Å². The molecule has 0 saturated heterocycles. The van der Waals surface area contributed by atoms with E-state index in [4.69, 9.17) is 5.84 Å². The van der Waals surface area contributed by atoms with Crippen LogP contribution in [0.15, 0.2) is 28.1 Å². The first kappa shape index (κ1) is 13.6. The summed E-state index contributed by atoms with van der Waals surface area (Å²) in [5.41, 5.74) is 4.46. The zero-order valence-electron chi connectivity index (χ0n) is 9.78. The van der Waals surface area contributed by atoms with Crippen molar-refractivity contribution in [3.05, 3.63) is 50.1 Å². The molecule has 0 spiro atoms. The van der Waals surface area contributed by atoms with Crippen molar-refractivity contribution in [1.82, 2.24) is 10.4 Å². The first-order chi connectivity index (χ1) is 8.60.